The lowest BCUT2D eigenvalue weighted by Crippen LogP contribution is -2.48. The van der Waals surface area contributed by atoms with Gasteiger partial charge in [-0.1, -0.05) is 30.4 Å². The minimum absolute atomic E-state index is 0.0640. The van der Waals surface area contributed by atoms with Gasteiger partial charge in [0.2, 0.25) is 5.91 Å². The predicted octanol–water partition coefficient (Wildman–Crippen LogP) is 3.07. The highest BCUT2D eigenvalue weighted by molar-refractivity contribution is 7.99. The van der Waals surface area contributed by atoms with Crippen molar-refractivity contribution in [2.45, 2.75) is 30.7 Å². The molecule has 1 aromatic carbocycles. The maximum atomic E-state index is 11.0. The molecule has 0 aromatic heterocycles. The molecule has 0 radical (unpaired) electrons. The molecule has 0 bridgehead atoms. The Hall–Kier alpha value is -1.52. The molecule has 0 saturated carbocycles. The maximum Gasteiger partial charge on any atom is 0.234 e. The summed E-state index contributed by atoms with van der Waals surface area (Å²) in [4.78, 5) is 12.3. The van der Waals surface area contributed by atoms with Crippen molar-refractivity contribution < 1.29 is 4.79 Å². The Balaban J connectivity index is 1.97. The number of amides is 1. The summed E-state index contributed by atoms with van der Waals surface area (Å²) in [5.41, 5.74) is 8.12. The van der Waals surface area contributed by atoms with Crippen molar-refractivity contribution in [2.24, 2.45) is 0 Å². The molecule has 106 valence electrons. The molecule has 2 N–H and O–H groups in total. The fourth-order valence-electron chi connectivity index (χ4n) is 2.05. The lowest BCUT2D eigenvalue weighted by Gasteiger charge is -2.20. The minimum Gasteiger partial charge on any atom is -0.291 e. The summed E-state index contributed by atoms with van der Waals surface area (Å²) in [6.07, 6.45) is 7.54. The SMILES string of the molecule is C=CCSc1ccc(/C=C/C2CCC(=O)NN2)cc1C. The minimum atomic E-state index is 0.0640. The van der Waals surface area contributed by atoms with Crippen LogP contribution in [0.2, 0.25) is 0 Å². The van der Waals surface area contributed by atoms with Crippen LogP contribution in [0, 0.1) is 6.92 Å². The third-order valence-electron chi connectivity index (χ3n) is 3.16. The van der Waals surface area contributed by atoms with Crippen molar-refractivity contribution in [3.8, 4) is 0 Å². The molecule has 1 aromatic rings. The monoisotopic (exact) mass is 288 g/mol. The van der Waals surface area contributed by atoms with Crippen LogP contribution in [0.15, 0.2) is 41.8 Å². The van der Waals surface area contributed by atoms with Gasteiger partial charge in [0.1, 0.15) is 0 Å². The van der Waals surface area contributed by atoms with E-state index in [0.717, 1.165) is 12.2 Å². The predicted molar refractivity (Wildman–Crippen MR) is 85.4 cm³/mol. The van der Waals surface area contributed by atoms with Crippen LogP contribution < -0.4 is 10.9 Å². The number of carbonyl (C=O) groups is 1. The van der Waals surface area contributed by atoms with Crippen LogP contribution in [0.1, 0.15) is 24.0 Å². The van der Waals surface area contributed by atoms with Gasteiger partial charge in [0.25, 0.3) is 0 Å². The molecule has 0 aliphatic carbocycles. The van der Waals surface area contributed by atoms with E-state index in [1.165, 1.54) is 16.0 Å². The molecule has 1 fully saturated rings. The summed E-state index contributed by atoms with van der Waals surface area (Å²) in [5, 5.41) is 0. The topological polar surface area (TPSA) is 41.1 Å². The Labute approximate surface area is 124 Å². The highest BCUT2D eigenvalue weighted by atomic mass is 32.2. The van der Waals surface area contributed by atoms with E-state index < -0.39 is 0 Å². The van der Waals surface area contributed by atoms with Crippen molar-refractivity contribution in [3.63, 3.8) is 0 Å². The fourth-order valence-corrected chi connectivity index (χ4v) is 2.80. The first-order chi connectivity index (χ1) is 9.69. The number of hydrogen-bond acceptors (Lipinski definition) is 3. The third-order valence-corrected chi connectivity index (χ3v) is 4.33. The molecule has 1 atom stereocenters. The first kappa shape index (κ1) is 14.9. The van der Waals surface area contributed by atoms with E-state index in [-0.39, 0.29) is 11.9 Å². The van der Waals surface area contributed by atoms with E-state index in [0.29, 0.717) is 6.42 Å². The van der Waals surface area contributed by atoms with Gasteiger partial charge in [-0.05, 0) is 30.5 Å². The van der Waals surface area contributed by atoms with Crippen molar-refractivity contribution in [3.05, 3.63) is 48.1 Å². The van der Waals surface area contributed by atoms with E-state index in [1.807, 2.05) is 6.08 Å². The van der Waals surface area contributed by atoms with Gasteiger partial charge in [0.05, 0.1) is 0 Å². The second-order valence-electron chi connectivity index (χ2n) is 4.82. The second kappa shape index (κ2) is 7.31. The van der Waals surface area contributed by atoms with Crippen molar-refractivity contribution >= 4 is 23.7 Å². The first-order valence-electron chi connectivity index (χ1n) is 6.76. The lowest BCUT2D eigenvalue weighted by molar-refractivity contribution is -0.123. The van der Waals surface area contributed by atoms with Crippen molar-refractivity contribution in [1.29, 1.82) is 0 Å². The molecule has 3 nitrogen and oxygen atoms in total. The van der Waals surface area contributed by atoms with E-state index in [2.05, 4.69) is 54.7 Å². The Bertz CT molecular complexity index is 515. The zero-order chi connectivity index (χ0) is 14.4. The van der Waals surface area contributed by atoms with E-state index in [4.69, 9.17) is 0 Å². The van der Waals surface area contributed by atoms with Crippen molar-refractivity contribution in [2.75, 3.05) is 5.75 Å². The zero-order valence-electron chi connectivity index (χ0n) is 11.7. The van der Waals surface area contributed by atoms with Gasteiger partial charge in [-0.15, -0.1) is 18.3 Å². The average Bonchev–Trinajstić information content (AvgIpc) is 2.46. The summed E-state index contributed by atoms with van der Waals surface area (Å²) in [7, 11) is 0. The summed E-state index contributed by atoms with van der Waals surface area (Å²) in [6.45, 7) is 5.87. The summed E-state index contributed by atoms with van der Waals surface area (Å²) in [6, 6.07) is 6.67. The number of nitrogens with one attached hydrogen (secondary N) is 2. The normalized spacial score (nSPS) is 19.1. The number of aryl methyl sites for hydroxylation is 1. The number of thioether (sulfide) groups is 1. The van der Waals surface area contributed by atoms with Gasteiger partial charge in [-0.2, -0.15) is 0 Å². The van der Waals surface area contributed by atoms with Gasteiger partial charge in [0, 0.05) is 23.1 Å². The van der Waals surface area contributed by atoms with Crippen LogP contribution in [0.4, 0.5) is 0 Å². The third kappa shape index (κ3) is 4.25. The van der Waals surface area contributed by atoms with Crippen LogP contribution >= 0.6 is 11.8 Å². The molecule has 0 spiro atoms. The van der Waals surface area contributed by atoms with Gasteiger partial charge in [-0.25, -0.2) is 5.43 Å². The smallest absolute Gasteiger partial charge is 0.234 e. The standard InChI is InChI=1S/C16H20N2OS/c1-3-10-20-15-8-5-13(11-12(15)2)4-6-14-7-9-16(19)18-17-14/h3-6,8,11,14,17H,1,7,9-10H2,2H3,(H,18,19)/b6-4+. The highest BCUT2D eigenvalue weighted by Gasteiger charge is 2.14. The number of hydrogen-bond donors (Lipinski definition) is 2. The van der Waals surface area contributed by atoms with Crippen molar-refractivity contribution in [1.82, 2.24) is 10.9 Å². The Morgan fingerprint density at radius 1 is 1.50 bits per heavy atom. The number of rotatable bonds is 5. The van der Waals surface area contributed by atoms with Gasteiger partial charge in [-0.3, -0.25) is 10.2 Å². The van der Waals surface area contributed by atoms with Crippen LogP contribution in [-0.4, -0.2) is 17.7 Å². The number of carbonyl (C=O) groups excluding carboxylic acids is 1. The highest BCUT2D eigenvalue weighted by Crippen LogP contribution is 2.23. The molecular weight excluding hydrogens is 268 g/mol. The Morgan fingerprint density at radius 2 is 2.35 bits per heavy atom. The Kier molecular flexibility index (Phi) is 5.44. The van der Waals surface area contributed by atoms with E-state index >= 15 is 0 Å². The zero-order valence-corrected chi connectivity index (χ0v) is 12.5. The van der Waals surface area contributed by atoms with E-state index in [9.17, 15) is 4.79 Å². The average molecular weight is 288 g/mol. The molecule has 1 saturated heterocycles. The molecule has 20 heavy (non-hydrogen) atoms. The summed E-state index contributed by atoms with van der Waals surface area (Å²) < 4.78 is 0. The lowest BCUT2D eigenvalue weighted by atomic mass is 10.1. The quantitative estimate of drug-likeness (QED) is 0.646. The molecule has 1 unspecified atom stereocenters. The summed E-state index contributed by atoms with van der Waals surface area (Å²) >= 11 is 1.80. The molecule has 1 aliphatic heterocycles. The molecular formula is C16H20N2OS. The number of hydrazine groups is 1. The largest absolute Gasteiger partial charge is 0.291 e. The van der Waals surface area contributed by atoms with Crippen LogP contribution in [0.3, 0.4) is 0 Å². The maximum absolute atomic E-state index is 11.0. The first-order valence-corrected chi connectivity index (χ1v) is 7.74. The van der Waals surface area contributed by atoms with Gasteiger partial charge >= 0.3 is 0 Å². The van der Waals surface area contributed by atoms with Gasteiger partial charge in [0.15, 0.2) is 0 Å². The molecule has 1 aliphatic rings. The second-order valence-corrected chi connectivity index (χ2v) is 5.88. The van der Waals surface area contributed by atoms with Crippen LogP contribution in [0.5, 0.6) is 0 Å². The number of benzene rings is 1. The fraction of sp³-hybridized carbons (Fsp3) is 0.312. The molecule has 4 heteroatoms. The van der Waals surface area contributed by atoms with Crippen LogP contribution in [-0.2, 0) is 4.79 Å². The molecule has 2 rings (SSSR count). The van der Waals surface area contributed by atoms with Crippen LogP contribution in [0.25, 0.3) is 6.08 Å². The van der Waals surface area contributed by atoms with E-state index in [1.54, 1.807) is 11.8 Å². The molecule has 1 heterocycles. The Morgan fingerprint density at radius 3 is 3.00 bits per heavy atom. The van der Waals surface area contributed by atoms with Gasteiger partial charge < -0.3 is 0 Å². The summed E-state index contributed by atoms with van der Waals surface area (Å²) in [5.74, 6) is 0.996. The molecule has 1 amide bonds.